The molecule has 0 aliphatic carbocycles. The molecule has 0 spiro atoms. The van der Waals surface area contributed by atoms with E-state index in [9.17, 15) is 9.90 Å². The zero-order valence-corrected chi connectivity index (χ0v) is 7.73. The van der Waals surface area contributed by atoms with Crippen LogP contribution in [0.2, 0.25) is 0 Å². The van der Waals surface area contributed by atoms with Crippen LogP contribution in [0.1, 0.15) is 26.2 Å². The van der Waals surface area contributed by atoms with Crippen LogP contribution < -0.4 is 0 Å². The summed E-state index contributed by atoms with van der Waals surface area (Å²) in [7, 11) is 0. The van der Waals surface area contributed by atoms with Crippen molar-refractivity contribution in [2.75, 3.05) is 6.54 Å². The van der Waals surface area contributed by atoms with E-state index in [1.54, 1.807) is 4.90 Å². The topological polar surface area (TPSA) is 64.3 Å². The number of nitrogens with zero attached hydrogens (tertiary/aromatic N) is 2. The second-order valence-electron chi connectivity index (χ2n) is 3.33. The predicted octanol–water partition coefficient (Wildman–Crippen LogP) is 0.272. The summed E-state index contributed by atoms with van der Waals surface area (Å²) in [6.07, 6.45) is 0.795. The first-order valence-corrected chi connectivity index (χ1v) is 4.53. The molecule has 0 saturated carbocycles. The van der Waals surface area contributed by atoms with E-state index in [0.717, 1.165) is 6.42 Å². The Morgan fingerprint density at radius 1 is 1.85 bits per heavy atom. The maximum absolute atomic E-state index is 11.3. The minimum absolute atomic E-state index is 0.0188. The summed E-state index contributed by atoms with van der Waals surface area (Å²) >= 11 is 0. The van der Waals surface area contributed by atoms with Crippen LogP contribution in [0.15, 0.2) is 0 Å². The number of aliphatic hydroxyl groups excluding tert-OH is 1. The van der Waals surface area contributed by atoms with E-state index in [1.165, 1.54) is 0 Å². The van der Waals surface area contributed by atoms with Crippen molar-refractivity contribution in [3.8, 4) is 6.07 Å². The fraction of sp³-hybridized carbons (Fsp3) is 0.778. The molecule has 72 valence electrons. The third-order valence-corrected chi connectivity index (χ3v) is 2.38. The lowest BCUT2D eigenvalue weighted by molar-refractivity contribution is -0.129. The Hall–Kier alpha value is -1.08. The SMILES string of the molecule is CCC(CC#N)N1CC(O)CC1=O. The van der Waals surface area contributed by atoms with E-state index >= 15 is 0 Å². The van der Waals surface area contributed by atoms with Gasteiger partial charge in [-0.15, -0.1) is 0 Å². The Kier molecular flexibility index (Phi) is 3.26. The van der Waals surface area contributed by atoms with Crippen molar-refractivity contribution in [1.82, 2.24) is 4.90 Å². The van der Waals surface area contributed by atoms with E-state index in [2.05, 4.69) is 6.07 Å². The summed E-state index contributed by atoms with van der Waals surface area (Å²) in [6.45, 7) is 2.33. The first kappa shape index (κ1) is 10.0. The van der Waals surface area contributed by atoms with Crippen LogP contribution in [0, 0.1) is 11.3 Å². The van der Waals surface area contributed by atoms with Gasteiger partial charge in [-0.2, -0.15) is 5.26 Å². The lowest BCUT2D eigenvalue weighted by Gasteiger charge is -2.24. The van der Waals surface area contributed by atoms with Gasteiger partial charge in [0.15, 0.2) is 0 Å². The van der Waals surface area contributed by atoms with Gasteiger partial charge in [-0.3, -0.25) is 4.79 Å². The molecule has 0 aromatic rings. The molecule has 1 rings (SSSR count). The molecule has 4 nitrogen and oxygen atoms in total. The first-order chi connectivity index (χ1) is 6.19. The monoisotopic (exact) mass is 182 g/mol. The predicted molar refractivity (Wildman–Crippen MR) is 46.6 cm³/mol. The average Bonchev–Trinajstić information content (AvgIpc) is 2.41. The van der Waals surface area contributed by atoms with Crippen molar-refractivity contribution in [3.63, 3.8) is 0 Å². The Morgan fingerprint density at radius 3 is 2.92 bits per heavy atom. The molecule has 2 atom stereocenters. The summed E-state index contributed by atoms with van der Waals surface area (Å²) in [5.74, 6) is -0.0328. The Labute approximate surface area is 77.8 Å². The van der Waals surface area contributed by atoms with Crippen molar-refractivity contribution < 1.29 is 9.90 Å². The fourth-order valence-corrected chi connectivity index (χ4v) is 1.65. The number of hydrogen-bond donors (Lipinski definition) is 1. The van der Waals surface area contributed by atoms with Gasteiger partial charge in [-0.1, -0.05) is 6.92 Å². The molecule has 1 aliphatic heterocycles. The standard InChI is InChI=1S/C9H14N2O2/c1-2-7(3-4-10)11-6-8(12)5-9(11)13/h7-8,12H,2-3,5-6H2,1H3. The number of rotatable bonds is 3. The zero-order valence-electron chi connectivity index (χ0n) is 7.73. The minimum Gasteiger partial charge on any atom is -0.391 e. The highest BCUT2D eigenvalue weighted by Gasteiger charge is 2.32. The second kappa shape index (κ2) is 4.24. The number of amides is 1. The van der Waals surface area contributed by atoms with Crippen molar-refractivity contribution in [2.24, 2.45) is 0 Å². The van der Waals surface area contributed by atoms with Crippen LogP contribution in [0.4, 0.5) is 0 Å². The minimum atomic E-state index is -0.541. The quantitative estimate of drug-likeness (QED) is 0.681. The third kappa shape index (κ3) is 2.19. The third-order valence-electron chi connectivity index (χ3n) is 2.38. The number of carbonyl (C=O) groups excluding carboxylic acids is 1. The Morgan fingerprint density at radius 2 is 2.54 bits per heavy atom. The van der Waals surface area contributed by atoms with Crippen molar-refractivity contribution in [3.05, 3.63) is 0 Å². The number of β-amino-alcohol motifs (C(OH)–C–C–N with tert-alkyl or cyclic N) is 1. The summed E-state index contributed by atoms with van der Waals surface area (Å²) in [6, 6.07) is 2.04. The van der Waals surface area contributed by atoms with E-state index < -0.39 is 6.10 Å². The van der Waals surface area contributed by atoms with Gasteiger partial charge in [-0.25, -0.2) is 0 Å². The van der Waals surface area contributed by atoms with Gasteiger partial charge in [-0.05, 0) is 6.42 Å². The summed E-state index contributed by atoms with van der Waals surface area (Å²) < 4.78 is 0. The van der Waals surface area contributed by atoms with Crippen LogP contribution in [0.5, 0.6) is 0 Å². The highest BCUT2D eigenvalue weighted by molar-refractivity contribution is 5.79. The van der Waals surface area contributed by atoms with E-state index in [-0.39, 0.29) is 18.4 Å². The normalized spacial score (nSPS) is 24.5. The highest BCUT2D eigenvalue weighted by Crippen LogP contribution is 2.17. The molecule has 0 aromatic heterocycles. The molecule has 1 fully saturated rings. The molecular weight excluding hydrogens is 168 g/mol. The fourth-order valence-electron chi connectivity index (χ4n) is 1.65. The molecule has 1 heterocycles. The first-order valence-electron chi connectivity index (χ1n) is 4.53. The molecule has 2 unspecified atom stereocenters. The van der Waals surface area contributed by atoms with Gasteiger partial charge in [0, 0.05) is 12.6 Å². The largest absolute Gasteiger partial charge is 0.391 e. The van der Waals surface area contributed by atoms with Crippen molar-refractivity contribution >= 4 is 5.91 Å². The van der Waals surface area contributed by atoms with Crippen LogP contribution in [0.3, 0.4) is 0 Å². The molecular formula is C9H14N2O2. The van der Waals surface area contributed by atoms with E-state index in [1.807, 2.05) is 6.92 Å². The number of likely N-dealkylation sites (tertiary alicyclic amines) is 1. The van der Waals surface area contributed by atoms with Gasteiger partial charge in [0.2, 0.25) is 5.91 Å². The van der Waals surface area contributed by atoms with Gasteiger partial charge < -0.3 is 10.0 Å². The molecule has 0 aromatic carbocycles. The lowest BCUT2D eigenvalue weighted by atomic mass is 10.1. The van der Waals surface area contributed by atoms with Crippen molar-refractivity contribution in [2.45, 2.75) is 38.3 Å². The smallest absolute Gasteiger partial charge is 0.225 e. The Balaban J connectivity index is 2.59. The van der Waals surface area contributed by atoms with Gasteiger partial charge >= 0.3 is 0 Å². The summed E-state index contributed by atoms with van der Waals surface area (Å²) in [5, 5.41) is 17.8. The molecule has 1 saturated heterocycles. The van der Waals surface area contributed by atoms with Crippen molar-refractivity contribution in [1.29, 1.82) is 5.26 Å². The van der Waals surface area contributed by atoms with Gasteiger partial charge in [0.05, 0.1) is 25.0 Å². The zero-order chi connectivity index (χ0) is 9.84. The number of aliphatic hydroxyl groups is 1. The molecule has 0 bridgehead atoms. The summed E-state index contributed by atoms with van der Waals surface area (Å²) in [5.41, 5.74) is 0. The maximum atomic E-state index is 11.3. The maximum Gasteiger partial charge on any atom is 0.225 e. The molecule has 1 amide bonds. The molecule has 13 heavy (non-hydrogen) atoms. The number of hydrogen-bond acceptors (Lipinski definition) is 3. The van der Waals surface area contributed by atoms with Crippen LogP contribution >= 0.6 is 0 Å². The van der Waals surface area contributed by atoms with Crippen LogP contribution in [-0.4, -0.2) is 34.6 Å². The van der Waals surface area contributed by atoms with E-state index in [0.29, 0.717) is 13.0 Å². The van der Waals surface area contributed by atoms with Gasteiger partial charge in [0.1, 0.15) is 0 Å². The van der Waals surface area contributed by atoms with E-state index in [4.69, 9.17) is 5.26 Å². The Bertz CT molecular complexity index is 234. The molecule has 1 N–H and O–H groups in total. The highest BCUT2D eigenvalue weighted by atomic mass is 16.3. The van der Waals surface area contributed by atoms with Gasteiger partial charge in [0.25, 0.3) is 0 Å². The molecule has 0 radical (unpaired) electrons. The number of carbonyl (C=O) groups is 1. The average molecular weight is 182 g/mol. The van der Waals surface area contributed by atoms with Crippen LogP contribution in [-0.2, 0) is 4.79 Å². The summed E-state index contributed by atoms with van der Waals surface area (Å²) in [4.78, 5) is 12.9. The van der Waals surface area contributed by atoms with Crippen LogP contribution in [0.25, 0.3) is 0 Å². The lowest BCUT2D eigenvalue weighted by Crippen LogP contribution is -2.36. The molecule has 4 heteroatoms. The second-order valence-corrected chi connectivity index (χ2v) is 3.33. The molecule has 1 aliphatic rings. The number of nitriles is 1.